The number of nitrogens with zero attached hydrogens (tertiary/aromatic N) is 7. The highest BCUT2D eigenvalue weighted by atomic mass is 15.1. The lowest BCUT2D eigenvalue weighted by Crippen LogP contribution is -2.02. The quantitative estimate of drug-likeness (QED) is 0.160. The number of hydrogen-bond donors (Lipinski definition) is 0. The second kappa shape index (κ2) is 16.6. The second-order valence-electron chi connectivity index (χ2n) is 19.6. The Bertz CT molecular complexity index is 4610. The topological polar surface area (TPSA) is 58.4 Å². The van der Waals surface area contributed by atoms with Crippen LogP contribution in [0.25, 0.3) is 144 Å². The van der Waals surface area contributed by atoms with Gasteiger partial charge in [-0.15, -0.1) is 0 Å². The summed E-state index contributed by atoms with van der Waals surface area (Å²) in [4.78, 5) is 15.8. The summed E-state index contributed by atoms with van der Waals surface area (Å²) in [6.45, 7) is 0. The van der Waals surface area contributed by atoms with E-state index in [0.717, 1.165) is 61.5 Å². The van der Waals surface area contributed by atoms with Crippen molar-refractivity contribution in [2.45, 2.75) is 0 Å². The lowest BCUT2D eigenvalue weighted by atomic mass is 10.1. The summed E-state index contributed by atoms with van der Waals surface area (Å²) >= 11 is 0. The molecular formula is C69H43N7. The van der Waals surface area contributed by atoms with Gasteiger partial charge >= 0.3 is 0 Å². The molecule has 0 saturated heterocycles. The maximum Gasteiger partial charge on any atom is 0.164 e. The van der Waals surface area contributed by atoms with Crippen molar-refractivity contribution in [3.8, 4) is 56.9 Å². The Balaban J connectivity index is 0.861. The van der Waals surface area contributed by atoms with Crippen LogP contribution in [-0.4, -0.2) is 33.2 Å². The fraction of sp³-hybridized carbons (Fsp3) is 0. The van der Waals surface area contributed by atoms with Gasteiger partial charge in [0.2, 0.25) is 0 Å². The average Bonchev–Trinajstić information content (AvgIpc) is 4.29. The number of para-hydroxylation sites is 6. The van der Waals surface area contributed by atoms with Crippen molar-refractivity contribution < 1.29 is 0 Å². The molecule has 0 aliphatic carbocycles. The van der Waals surface area contributed by atoms with Gasteiger partial charge in [0.1, 0.15) is 0 Å². The summed E-state index contributed by atoms with van der Waals surface area (Å²) < 4.78 is 9.62. The van der Waals surface area contributed by atoms with Crippen LogP contribution < -0.4 is 0 Å². The molecule has 7 nitrogen and oxygen atoms in total. The smallest absolute Gasteiger partial charge is 0.164 e. The van der Waals surface area contributed by atoms with Gasteiger partial charge in [-0.3, -0.25) is 0 Å². The first kappa shape index (κ1) is 42.2. The molecule has 76 heavy (non-hydrogen) atoms. The SMILES string of the molecule is c1ccc(-c2nc(-c3cccc(-n4c5ccccc5c5c(-n6c7ccccc7c7ccccc76)cccc54)c3)nc(-c3cccc(-n4c5ccccc5c5c(-n6c7ccccc7c7ccccc76)cccc54)c3)n2)cc1. The third-order valence-electron chi connectivity index (χ3n) is 15.4. The minimum atomic E-state index is 0.593. The fourth-order valence-corrected chi connectivity index (χ4v) is 12.2. The van der Waals surface area contributed by atoms with Crippen LogP contribution >= 0.6 is 0 Å². The molecule has 11 aromatic carbocycles. The van der Waals surface area contributed by atoms with Gasteiger partial charge in [0.05, 0.1) is 55.5 Å². The van der Waals surface area contributed by atoms with Crippen LogP contribution in [0, 0.1) is 0 Å². The molecule has 0 aliphatic rings. The Labute approximate surface area is 436 Å². The van der Waals surface area contributed by atoms with Crippen LogP contribution in [0.5, 0.6) is 0 Å². The Morgan fingerprint density at radius 3 is 0.895 bits per heavy atom. The van der Waals surface area contributed by atoms with Crippen molar-refractivity contribution in [1.82, 2.24) is 33.2 Å². The maximum atomic E-state index is 5.36. The standard InChI is InChI=1S/C69H43N7/c1-2-20-44(21-3-1)67-70-68(45-22-16-24-47(42-45)73-59-36-14-8-30-53(59)65-61(73)38-18-40-63(65)75-55-32-10-4-26-49(55)50-27-5-11-33-56(50)75)72-69(71-67)46-23-17-25-48(43-46)74-60-37-15-9-31-54(60)66-62(74)39-19-41-64(66)76-57-34-12-6-28-51(57)52-29-7-13-35-58(52)76/h1-43H. The van der Waals surface area contributed by atoms with E-state index < -0.39 is 0 Å². The van der Waals surface area contributed by atoms with Crippen LogP contribution in [-0.2, 0) is 0 Å². The third kappa shape index (κ3) is 6.26. The van der Waals surface area contributed by atoms with E-state index in [-0.39, 0.29) is 0 Å². The van der Waals surface area contributed by atoms with E-state index in [4.69, 9.17) is 15.0 Å². The minimum Gasteiger partial charge on any atom is -0.309 e. The molecule has 0 fully saturated rings. The van der Waals surface area contributed by atoms with Crippen LogP contribution in [0.2, 0.25) is 0 Å². The van der Waals surface area contributed by atoms with Gasteiger partial charge in [0, 0.05) is 71.2 Å². The first-order chi connectivity index (χ1) is 37.7. The van der Waals surface area contributed by atoms with Gasteiger partial charge in [-0.1, -0.05) is 176 Å². The van der Waals surface area contributed by atoms with Crippen LogP contribution in [0.1, 0.15) is 0 Å². The molecule has 0 spiro atoms. The van der Waals surface area contributed by atoms with E-state index in [1.54, 1.807) is 0 Å². The molecule has 0 aliphatic heterocycles. The summed E-state index contributed by atoms with van der Waals surface area (Å²) in [5, 5.41) is 9.69. The van der Waals surface area contributed by atoms with E-state index in [0.29, 0.717) is 17.5 Å². The van der Waals surface area contributed by atoms with Crippen molar-refractivity contribution in [2.24, 2.45) is 0 Å². The van der Waals surface area contributed by atoms with Crippen molar-refractivity contribution in [3.63, 3.8) is 0 Å². The molecule has 16 rings (SSSR count). The Kier molecular flexibility index (Phi) is 9.20. The number of hydrogen-bond acceptors (Lipinski definition) is 3. The first-order valence-corrected chi connectivity index (χ1v) is 25.8. The largest absolute Gasteiger partial charge is 0.309 e. The van der Waals surface area contributed by atoms with Gasteiger partial charge < -0.3 is 18.3 Å². The normalized spacial score (nSPS) is 11.9. The molecule has 16 aromatic rings. The minimum absolute atomic E-state index is 0.593. The number of benzene rings is 11. The molecule has 0 bridgehead atoms. The highest BCUT2D eigenvalue weighted by Gasteiger charge is 2.23. The van der Waals surface area contributed by atoms with Gasteiger partial charge in [0.15, 0.2) is 17.5 Å². The summed E-state index contributed by atoms with van der Waals surface area (Å²) in [5.41, 5.74) is 16.2. The lowest BCUT2D eigenvalue weighted by Gasteiger charge is -2.13. The van der Waals surface area contributed by atoms with Crippen molar-refractivity contribution in [2.75, 3.05) is 0 Å². The Morgan fingerprint density at radius 1 is 0.211 bits per heavy atom. The fourth-order valence-electron chi connectivity index (χ4n) is 12.2. The predicted molar refractivity (Wildman–Crippen MR) is 313 cm³/mol. The molecule has 7 heteroatoms. The second-order valence-corrected chi connectivity index (χ2v) is 19.6. The molecule has 0 N–H and O–H groups in total. The number of fused-ring (bicyclic) bond motifs is 12. The zero-order chi connectivity index (χ0) is 49.8. The lowest BCUT2D eigenvalue weighted by molar-refractivity contribution is 1.07. The summed E-state index contributed by atoms with van der Waals surface area (Å²) in [6.07, 6.45) is 0. The highest BCUT2D eigenvalue weighted by molar-refractivity contribution is 6.18. The summed E-state index contributed by atoms with van der Waals surface area (Å²) in [7, 11) is 0. The van der Waals surface area contributed by atoms with Gasteiger partial charge in [0.25, 0.3) is 0 Å². The van der Waals surface area contributed by atoms with Gasteiger partial charge in [-0.25, -0.2) is 15.0 Å². The number of rotatable bonds is 7. The van der Waals surface area contributed by atoms with E-state index >= 15 is 0 Å². The molecule has 0 radical (unpaired) electrons. The first-order valence-electron chi connectivity index (χ1n) is 25.8. The van der Waals surface area contributed by atoms with Crippen LogP contribution in [0.15, 0.2) is 261 Å². The zero-order valence-electron chi connectivity index (χ0n) is 41.0. The molecule has 0 atom stereocenters. The number of aromatic nitrogens is 7. The van der Waals surface area contributed by atoms with Crippen molar-refractivity contribution in [3.05, 3.63) is 261 Å². The summed E-state index contributed by atoms with van der Waals surface area (Å²) in [5.74, 6) is 1.79. The van der Waals surface area contributed by atoms with E-state index in [1.165, 1.54) is 65.2 Å². The Morgan fingerprint density at radius 2 is 0.500 bits per heavy atom. The maximum absolute atomic E-state index is 5.36. The molecule has 5 heterocycles. The Hall–Kier alpha value is -10.4. The van der Waals surface area contributed by atoms with E-state index in [9.17, 15) is 0 Å². The highest BCUT2D eigenvalue weighted by Crippen LogP contribution is 2.43. The van der Waals surface area contributed by atoms with E-state index in [2.05, 4.69) is 261 Å². The van der Waals surface area contributed by atoms with Crippen LogP contribution in [0.4, 0.5) is 0 Å². The third-order valence-corrected chi connectivity index (χ3v) is 15.4. The van der Waals surface area contributed by atoms with Crippen LogP contribution in [0.3, 0.4) is 0 Å². The zero-order valence-corrected chi connectivity index (χ0v) is 41.0. The monoisotopic (exact) mass is 969 g/mol. The van der Waals surface area contributed by atoms with Crippen molar-refractivity contribution in [1.29, 1.82) is 0 Å². The van der Waals surface area contributed by atoms with Crippen molar-refractivity contribution >= 4 is 87.2 Å². The molecular weight excluding hydrogens is 927 g/mol. The molecule has 354 valence electrons. The van der Waals surface area contributed by atoms with Gasteiger partial charge in [-0.05, 0) is 84.9 Å². The molecule has 0 saturated carbocycles. The van der Waals surface area contributed by atoms with E-state index in [1.807, 2.05) is 18.2 Å². The molecule has 0 amide bonds. The predicted octanol–water partition coefficient (Wildman–Crippen LogP) is 17.3. The van der Waals surface area contributed by atoms with Gasteiger partial charge in [-0.2, -0.15) is 0 Å². The summed E-state index contributed by atoms with van der Waals surface area (Å²) in [6, 6.07) is 93.2. The molecule has 0 unspecified atom stereocenters. The molecule has 5 aromatic heterocycles. The average molecular weight is 970 g/mol.